The Morgan fingerprint density at radius 2 is 2.17 bits per heavy atom. The van der Waals surface area contributed by atoms with Crippen LogP contribution in [0, 0.1) is 0 Å². The molecule has 0 unspecified atom stereocenters. The molecular weight excluding hydrogens is 152 g/mol. The van der Waals surface area contributed by atoms with E-state index in [1.54, 1.807) is 0 Å². The molecule has 1 aliphatic carbocycles. The number of hydrogen-bond acceptors (Lipinski definition) is 2. The Kier molecular flexibility index (Phi) is 6.07. The number of esters is 1. The average Bonchev–Trinajstić information content (AvgIpc) is 2.08. The van der Waals surface area contributed by atoms with Crippen LogP contribution in [0.3, 0.4) is 0 Å². The van der Waals surface area contributed by atoms with E-state index in [4.69, 9.17) is 4.74 Å². The zero-order valence-corrected chi connectivity index (χ0v) is 7.96. The van der Waals surface area contributed by atoms with Crippen molar-refractivity contribution >= 4 is 5.97 Å². The maximum atomic E-state index is 10.4. The second kappa shape index (κ2) is 6.65. The number of hydrogen-bond donors (Lipinski definition) is 0. The van der Waals surface area contributed by atoms with Gasteiger partial charge in [-0.15, -0.1) is 0 Å². The first-order valence-electron chi connectivity index (χ1n) is 4.33. The molecule has 12 heavy (non-hydrogen) atoms. The summed E-state index contributed by atoms with van der Waals surface area (Å²) in [6.07, 6.45) is 7.59. The monoisotopic (exact) mass is 168 g/mol. The molecule has 0 N–H and O–H groups in total. The van der Waals surface area contributed by atoms with E-state index < -0.39 is 0 Å². The standard InChI is InChI=1S/C8H10O2.C2H6/c1-7(9)10-8-5-3-2-4-6-8;1-2/h2-3,5H,4,6H2,1H3;1-2H3. The molecule has 0 aromatic carbocycles. The Balaban J connectivity index is 0.000000561. The van der Waals surface area contributed by atoms with Crippen molar-refractivity contribution in [2.24, 2.45) is 0 Å². The summed E-state index contributed by atoms with van der Waals surface area (Å²) in [5, 5.41) is 0. The van der Waals surface area contributed by atoms with E-state index in [2.05, 4.69) is 0 Å². The lowest BCUT2D eigenvalue weighted by atomic mass is 10.2. The molecular formula is C10H16O2. The highest BCUT2D eigenvalue weighted by Crippen LogP contribution is 2.12. The van der Waals surface area contributed by atoms with E-state index in [1.165, 1.54) is 6.92 Å². The smallest absolute Gasteiger partial charge is 0.307 e. The van der Waals surface area contributed by atoms with Gasteiger partial charge in [0.05, 0.1) is 0 Å². The van der Waals surface area contributed by atoms with E-state index in [-0.39, 0.29) is 5.97 Å². The van der Waals surface area contributed by atoms with E-state index >= 15 is 0 Å². The minimum Gasteiger partial charge on any atom is -0.431 e. The van der Waals surface area contributed by atoms with Crippen LogP contribution in [0.25, 0.3) is 0 Å². The lowest BCUT2D eigenvalue weighted by Gasteiger charge is -2.06. The summed E-state index contributed by atoms with van der Waals surface area (Å²) in [6.45, 7) is 5.42. The molecule has 0 aliphatic heterocycles. The molecule has 0 radical (unpaired) electrons. The van der Waals surface area contributed by atoms with Crippen molar-refractivity contribution < 1.29 is 9.53 Å². The second-order valence-electron chi connectivity index (χ2n) is 2.19. The molecule has 0 spiro atoms. The molecule has 0 amide bonds. The normalized spacial score (nSPS) is 14.1. The molecule has 68 valence electrons. The second-order valence-corrected chi connectivity index (χ2v) is 2.19. The fourth-order valence-corrected chi connectivity index (χ4v) is 0.850. The molecule has 0 saturated heterocycles. The fraction of sp³-hybridized carbons (Fsp3) is 0.500. The average molecular weight is 168 g/mol. The molecule has 0 saturated carbocycles. The predicted molar refractivity (Wildman–Crippen MR) is 49.6 cm³/mol. The van der Waals surface area contributed by atoms with Crippen LogP contribution in [0.5, 0.6) is 0 Å². The summed E-state index contributed by atoms with van der Waals surface area (Å²) >= 11 is 0. The zero-order chi connectivity index (χ0) is 9.40. The van der Waals surface area contributed by atoms with Crippen molar-refractivity contribution in [3.63, 3.8) is 0 Å². The Labute approximate surface area is 73.9 Å². The molecule has 1 aliphatic rings. The topological polar surface area (TPSA) is 26.3 Å². The van der Waals surface area contributed by atoms with Crippen LogP contribution in [-0.4, -0.2) is 5.97 Å². The fourth-order valence-electron chi connectivity index (χ4n) is 0.850. The summed E-state index contributed by atoms with van der Waals surface area (Å²) < 4.78 is 4.86. The van der Waals surface area contributed by atoms with Gasteiger partial charge < -0.3 is 4.74 Å². The largest absolute Gasteiger partial charge is 0.431 e. The quantitative estimate of drug-likeness (QED) is 0.563. The van der Waals surface area contributed by atoms with Crippen LogP contribution in [0.15, 0.2) is 24.0 Å². The molecule has 0 heterocycles. The number of rotatable bonds is 1. The highest BCUT2D eigenvalue weighted by Gasteiger charge is 2.01. The van der Waals surface area contributed by atoms with Gasteiger partial charge in [0.25, 0.3) is 0 Å². The first kappa shape index (κ1) is 11.0. The lowest BCUT2D eigenvalue weighted by molar-refractivity contribution is -0.137. The van der Waals surface area contributed by atoms with Crippen LogP contribution < -0.4 is 0 Å². The Morgan fingerprint density at radius 3 is 2.58 bits per heavy atom. The van der Waals surface area contributed by atoms with Gasteiger partial charge in [-0.1, -0.05) is 26.0 Å². The highest BCUT2D eigenvalue weighted by molar-refractivity contribution is 5.67. The van der Waals surface area contributed by atoms with Crippen molar-refractivity contribution in [2.75, 3.05) is 0 Å². The van der Waals surface area contributed by atoms with E-state index in [1.807, 2.05) is 32.1 Å². The number of carbonyl (C=O) groups excluding carboxylic acids is 1. The number of carbonyl (C=O) groups is 1. The van der Waals surface area contributed by atoms with Gasteiger partial charge in [-0.3, -0.25) is 4.79 Å². The van der Waals surface area contributed by atoms with Crippen molar-refractivity contribution in [3.05, 3.63) is 24.0 Å². The maximum Gasteiger partial charge on any atom is 0.307 e. The van der Waals surface area contributed by atoms with Crippen LogP contribution >= 0.6 is 0 Å². The van der Waals surface area contributed by atoms with Crippen molar-refractivity contribution in [1.82, 2.24) is 0 Å². The molecule has 1 rings (SSSR count). The van der Waals surface area contributed by atoms with Gasteiger partial charge >= 0.3 is 5.97 Å². The summed E-state index contributed by atoms with van der Waals surface area (Å²) in [6, 6.07) is 0. The molecule has 0 aromatic rings. The Morgan fingerprint density at radius 1 is 1.50 bits per heavy atom. The van der Waals surface area contributed by atoms with Gasteiger partial charge in [-0.2, -0.15) is 0 Å². The van der Waals surface area contributed by atoms with Crippen LogP contribution in [0.2, 0.25) is 0 Å². The van der Waals surface area contributed by atoms with Gasteiger partial charge in [0.1, 0.15) is 5.76 Å². The number of allylic oxidation sites excluding steroid dienone is 4. The molecule has 2 heteroatoms. The number of ether oxygens (including phenoxy) is 1. The third kappa shape index (κ3) is 4.72. The van der Waals surface area contributed by atoms with Crippen molar-refractivity contribution in [2.45, 2.75) is 33.6 Å². The third-order valence-electron chi connectivity index (χ3n) is 1.25. The molecule has 0 aromatic heterocycles. The van der Waals surface area contributed by atoms with Gasteiger partial charge in [-0.25, -0.2) is 0 Å². The first-order chi connectivity index (χ1) is 5.79. The van der Waals surface area contributed by atoms with Gasteiger partial charge in [-0.05, 0) is 12.5 Å². The minimum atomic E-state index is -0.235. The maximum absolute atomic E-state index is 10.4. The molecule has 0 fully saturated rings. The van der Waals surface area contributed by atoms with Gasteiger partial charge in [0.2, 0.25) is 0 Å². The lowest BCUT2D eigenvalue weighted by Crippen LogP contribution is -1.99. The highest BCUT2D eigenvalue weighted by atomic mass is 16.5. The summed E-state index contributed by atoms with van der Waals surface area (Å²) in [4.78, 5) is 10.4. The van der Waals surface area contributed by atoms with Crippen molar-refractivity contribution in [3.8, 4) is 0 Å². The first-order valence-corrected chi connectivity index (χ1v) is 4.33. The Bertz CT molecular complexity index is 190. The Hall–Kier alpha value is -1.05. The SMILES string of the molecule is CC.CC(=O)OC1=CC=CCC1. The summed E-state index contributed by atoms with van der Waals surface area (Å²) in [5.41, 5.74) is 0. The van der Waals surface area contributed by atoms with E-state index in [0.29, 0.717) is 0 Å². The van der Waals surface area contributed by atoms with E-state index in [0.717, 1.165) is 18.6 Å². The van der Waals surface area contributed by atoms with Gasteiger partial charge in [0.15, 0.2) is 0 Å². The van der Waals surface area contributed by atoms with Crippen molar-refractivity contribution in [1.29, 1.82) is 0 Å². The van der Waals surface area contributed by atoms with Crippen LogP contribution in [0.1, 0.15) is 33.6 Å². The zero-order valence-electron chi connectivity index (χ0n) is 7.96. The predicted octanol–water partition coefficient (Wildman–Crippen LogP) is 2.81. The summed E-state index contributed by atoms with van der Waals surface area (Å²) in [7, 11) is 0. The van der Waals surface area contributed by atoms with E-state index in [9.17, 15) is 4.79 Å². The summed E-state index contributed by atoms with van der Waals surface area (Å²) in [5.74, 6) is 0.538. The minimum absolute atomic E-state index is 0.235. The molecule has 2 nitrogen and oxygen atoms in total. The third-order valence-corrected chi connectivity index (χ3v) is 1.25. The van der Waals surface area contributed by atoms with Gasteiger partial charge in [0, 0.05) is 13.3 Å². The van der Waals surface area contributed by atoms with Crippen LogP contribution in [-0.2, 0) is 9.53 Å². The van der Waals surface area contributed by atoms with Crippen LogP contribution in [0.4, 0.5) is 0 Å². The molecule has 0 bridgehead atoms. The molecule has 0 atom stereocenters.